The standard InChI is InChI=1S/C4H12O3Si/c1-4(2)3-8(5,6)7/h4-7H,3H2,1-2H3. The van der Waals surface area contributed by atoms with E-state index in [0.29, 0.717) is 0 Å². The summed E-state index contributed by atoms with van der Waals surface area (Å²) in [6.45, 7) is 3.65. The summed E-state index contributed by atoms with van der Waals surface area (Å²) in [4.78, 5) is 25.3. The van der Waals surface area contributed by atoms with Crippen molar-refractivity contribution in [1.29, 1.82) is 0 Å². The zero-order chi connectivity index (χ0) is 6.78. The highest BCUT2D eigenvalue weighted by Crippen LogP contribution is 2.06. The van der Waals surface area contributed by atoms with Crippen LogP contribution < -0.4 is 0 Å². The van der Waals surface area contributed by atoms with Gasteiger partial charge in [0.25, 0.3) is 0 Å². The van der Waals surface area contributed by atoms with E-state index in [1.165, 1.54) is 0 Å². The lowest BCUT2D eigenvalue weighted by Crippen LogP contribution is -2.35. The van der Waals surface area contributed by atoms with Gasteiger partial charge in [0.1, 0.15) is 0 Å². The highest BCUT2D eigenvalue weighted by atomic mass is 28.4. The molecular weight excluding hydrogens is 124 g/mol. The second kappa shape index (κ2) is 2.59. The van der Waals surface area contributed by atoms with Gasteiger partial charge in [0.2, 0.25) is 0 Å². The molecule has 8 heavy (non-hydrogen) atoms. The molecule has 0 aliphatic rings. The van der Waals surface area contributed by atoms with Crippen LogP contribution in [0.5, 0.6) is 0 Å². The Kier molecular flexibility index (Phi) is 2.62. The average molecular weight is 136 g/mol. The molecule has 0 atom stereocenters. The van der Waals surface area contributed by atoms with Crippen LogP contribution in [-0.2, 0) is 0 Å². The molecule has 0 amide bonds. The summed E-state index contributed by atoms with van der Waals surface area (Å²) in [7, 11) is -3.72. The molecule has 3 N–H and O–H groups in total. The number of hydrogen-bond donors (Lipinski definition) is 3. The highest BCUT2D eigenvalue weighted by molar-refractivity contribution is 6.56. The van der Waals surface area contributed by atoms with Gasteiger partial charge >= 0.3 is 8.80 Å². The van der Waals surface area contributed by atoms with Gasteiger partial charge < -0.3 is 14.4 Å². The van der Waals surface area contributed by atoms with Crippen molar-refractivity contribution in [3.8, 4) is 0 Å². The maximum atomic E-state index is 8.44. The van der Waals surface area contributed by atoms with E-state index in [0.717, 1.165) is 0 Å². The van der Waals surface area contributed by atoms with Crippen molar-refractivity contribution in [1.82, 2.24) is 0 Å². The molecule has 4 heteroatoms. The Balaban J connectivity index is 3.39. The Morgan fingerprint density at radius 1 is 1.25 bits per heavy atom. The predicted molar refractivity (Wildman–Crippen MR) is 32.1 cm³/mol. The van der Waals surface area contributed by atoms with Crippen molar-refractivity contribution in [2.75, 3.05) is 0 Å². The van der Waals surface area contributed by atoms with E-state index in [2.05, 4.69) is 0 Å². The molecule has 0 bridgehead atoms. The first-order valence-electron chi connectivity index (χ1n) is 2.59. The van der Waals surface area contributed by atoms with Crippen molar-refractivity contribution in [3.05, 3.63) is 0 Å². The van der Waals surface area contributed by atoms with Gasteiger partial charge in [-0.1, -0.05) is 13.8 Å². The molecule has 0 fully saturated rings. The van der Waals surface area contributed by atoms with E-state index in [1.54, 1.807) is 0 Å². The highest BCUT2D eigenvalue weighted by Gasteiger charge is 2.27. The fraction of sp³-hybridized carbons (Fsp3) is 1.00. The van der Waals surface area contributed by atoms with Crippen LogP contribution >= 0.6 is 0 Å². The van der Waals surface area contributed by atoms with Gasteiger partial charge in [-0.2, -0.15) is 0 Å². The van der Waals surface area contributed by atoms with E-state index in [9.17, 15) is 0 Å². The SMILES string of the molecule is CC(C)C[Si](O)(O)O. The monoisotopic (exact) mass is 136 g/mol. The third-order valence-corrected chi connectivity index (χ3v) is 2.05. The summed E-state index contributed by atoms with van der Waals surface area (Å²) in [6, 6.07) is 0.132. The normalized spacial score (nSPS) is 12.8. The second-order valence-electron chi connectivity index (χ2n) is 2.37. The largest absolute Gasteiger partial charge is 0.492 e. The van der Waals surface area contributed by atoms with Gasteiger partial charge in [0, 0.05) is 6.04 Å². The van der Waals surface area contributed by atoms with Gasteiger partial charge in [0.05, 0.1) is 0 Å². The Morgan fingerprint density at radius 3 is 1.62 bits per heavy atom. The van der Waals surface area contributed by atoms with E-state index in [-0.39, 0.29) is 12.0 Å². The van der Waals surface area contributed by atoms with Gasteiger partial charge in [0.15, 0.2) is 0 Å². The Labute approximate surface area is 50.0 Å². The van der Waals surface area contributed by atoms with Crippen LogP contribution in [0.2, 0.25) is 6.04 Å². The molecule has 0 spiro atoms. The average Bonchev–Trinajstić information content (AvgIpc) is 1.21. The van der Waals surface area contributed by atoms with Gasteiger partial charge in [-0.3, -0.25) is 0 Å². The zero-order valence-electron chi connectivity index (χ0n) is 5.13. The minimum Gasteiger partial charge on any atom is -0.390 e. The van der Waals surface area contributed by atoms with Crippen LogP contribution in [0.1, 0.15) is 13.8 Å². The van der Waals surface area contributed by atoms with Crippen molar-refractivity contribution >= 4 is 8.80 Å². The van der Waals surface area contributed by atoms with Crippen molar-refractivity contribution < 1.29 is 14.4 Å². The summed E-state index contributed by atoms with van der Waals surface area (Å²) >= 11 is 0. The molecule has 0 aliphatic heterocycles. The third-order valence-electron chi connectivity index (χ3n) is 0.682. The van der Waals surface area contributed by atoms with Crippen LogP contribution in [0, 0.1) is 5.92 Å². The minimum atomic E-state index is -3.72. The Morgan fingerprint density at radius 2 is 1.62 bits per heavy atom. The van der Waals surface area contributed by atoms with Crippen molar-refractivity contribution in [2.24, 2.45) is 5.92 Å². The molecule has 0 heterocycles. The lowest BCUT2D eigenvalue weighted by Gasteiger charge is -2.10. The van der Waals surface area contributed by atoms with E-state index < -0.39 is 8.80 Å². The summed E-state index contributed by atoms with van der Waals surface area (Å²) < 4.78 is 0. The number of hydrogen-bond acceptors (Lipinski definition) is 3. The lowest BCUT2D eigenvalue weighted by atomic mass is 10.3. The molecule has 0 unspecified atom stereocenters. The first-order valence-corrected chi connectivity index (χ1v) is 4.64. The molecule has 0 rings (SSSR count). The summed E-state index contributed by atoms with van der Waals surface area (Å²) in [6.07, 6.45) is 0. The zero-order valence-corrected chi connectivity index (χ0v) is 6.13. The minimum absolute atomic E-state index is 0.132. The molecule has 0 aliphatic carbocycles. The van der Waals surface area contributed by atoms with Crippen LogP contribution in [0.3, 0.4) is 0 Å². The van der Waals surface area contributed by atoms with Crippen LogP contribution in [0.4, 0.5) is 0 Å². The van der Waals surface area contributed by atoms with Gasteiger partial charge in [-0.25, -0.2) is 0 Å². The van der Waals surface area contributed by atoms with Crippen LogP contribution in [-0.4, -0.2) is 23.2 Å². The van der Waals surface area contributed by atoms with E-state index in [1.807, 2.05) is 13.8 Å². The Hall–Kier alpha value is 0.0969. The molecule has 0 saturated heterocycles. The predicted octanol–water partition coefficient (Wildman–Crippen LogP) is -0.442. The second-order valence-corrected chi connectivity index (χ2v) is 4.33. The smallest absolute Gasteiger partial charge is 0.390 e. The molecule has 0 radical (unpaired) electrons. The fourth-order valence-electron chi connectivity index (χ4n) is 0.548. The van der Waals surface area contributed by atoms with Crippen molar-refractivity contribution in [3.63, 3.8) is 0 Å². The van der Waals surface area contributed by atoms with Crippen LogP contribution in [0.25, 0.3) is 0 Å². The molecule has 3 nitrogen and oxygen atoms in total. The first kappa shape index (κ1) is 8.10. The molecular formula is C4H12O3Si. The third kappa shape index (κ3) is 6.10. The lowest BCUT2D eigenvalue weighted by molar-refractivity contribution is 0.221. The molecule has 0 saturated carbocycles. The summed E-state index contributed by atoms with van der Waals surface area (Å²) in [5.74, 6) is 0.154. The molecule has 0 aromatic carbocycles. The topological polar surface area (TPSA) is 60.7 Å². The van der Waals surface area contributed by atoms with E-state index in [4.69, 9.17) is 14.4 Å². The summed E-state index contributed by atoms with van der Waals surface area (Å²) in [5, 5.41) is 0. The molecule has 0 aromatic heterocycles. The molecule has 0 aromatic rings. The van der Waals surface area contributed by atoms with Crippen molar-refractivity contribution in [2.45, 2.75) is 19.9 Å². The van der Waals surface area contributed by atoms with Gasteiger partial charge in [-0.05, 0) is 5.92 Å². The van der Waals surface area contributed by atoms with Crippen LogP contribution in [0.15, 0.2) is 0 Å². The molecule has 50 valence electrons. The first-order chi connectivity index (χ1) is 3.42. The quantitative estimate of drug-likeness (QED) is 0.451. The maximum absolute atomic E-state index is 8.44. The Bertz CT molecular complexity index is 66.2. The summed E-state index contributed by atoms with van der Waals surface area (Å²) in [5.41, 5.74) is 0. The number of rotatable bonds is 2. The fourth-order valence-corrected chi connectivity index (χ4v) is 1.64. The maximum Gasteiger partial charge on any atom is 0.492 e. The van der Waals surface area contributed by atoms with Gasteiger partial charge in [-0.15, -0.1) is 0 Å². The van der Waals surface area contributed by atoms with E-state index >= 15 is 0 Å².